The van der Waals surface area contributed by atoms with E-state index < -0.39 is 15.7 Å². The second-order valence-corrected chi connectivity index (χ2v) is 7.14. The predicted octanol–water partition coefficient (Wildman–Crippen LogP) is 2.50. The number of rotatable bonds is 6. The Morgan fingerprint density at radius 3 is 2.47 bits per heavy atom. The molecule has 0 amide bonds. The minimum Gasteiger partial charge on any atom is -0.299 e. The van der Waals surface area contributed by atoms with Crippen LogP contribution in [0.2, 0.25) is 0 Å². The van der Waals surface area contributed by atoms with Crippen molar-refractivity contribution in [3.63, 3.8) is 0 Å². The van der Waals surface area contributed by atoms with Crippen molar-refractivity contribution < 1.29 is 17.6 Å². The average molecular weight is 286 g/mol. The Labute approximate surface area is 113 Å². The highest BCUT2D eigenvalue weighted by Crippen LogP contribution is 2.20. The molecule has 1 unspecified atom stereocenters. The summed E-state index contributed by atoms with van der Waals surface area (Å²) in [4.78, 5) is 11.2. The first kappa shape index (κ1) is 15.8. The zero-order valence-electron chi connectivity index (χ0n) is 11.4. The van der Waals surface area contributed by atoms with Crippen molar-refractivity contribution in [1.29, 1.82) is 0 Å². The van der Waals surface area contributed by atoms with Crippen LogP contribution in [0, 0.1) is 5.82 Å². The van der Waals surface area contributed by atoms with Crippen LogP contribution in [0.3, 0.4) is 0 Å². The molecule has 0 bridgehead atoms. The van der Waals surface area contributed by atoms with Crippen molar-refractivity contribution in [2.24, 2.45) is 0 Å². The van der Waals surface area contributed by atoms with Gasteiger partial charge >= 0.3 is 0 Å². The molecule has 0 aliphatic rings. The molecular weight excluding hydrogens is 267 g/mol. The van der Waals surface area contributed by atoms with E-state index in [1.165, 1.54) is 13.0 Å². The Morgan fingerprint density at radius 1 is 1.37 bits per heavy atom. The second-order valence-electron chi connectivity index (χ2n) is 4.67. The van der Waals surface area contributed by atoms with E-state index in [0.717, 1.165) is 0 Å². The summed E-state index contributed by atoms with van der Waals surface area (Å²) in [6, 6.07) is 4.57. The topological polar surface area (TPSA) is 51.2 Å². The van der Waals surface area contributed by atoms with Gasteiger partial charge in [-0.1, -0.05) is 26.0 Å². The van der Waals surface area contributed by atoms with Gasteiger partial charge in [0.05, 0.1) is 5.75 Å². The van der Waals surface area contributed by atoms with Crippen molar-refractivity contribution in [3.8, 4) is 0 Å². The molecule has 0 aliphatic heterocycles. The lowest BCUT2D eigenvalue weighted by molar-refractivity contribution is -0.118. The van der Waals surface area contributed by atoms with E-state index in [1.54, 1.807) is 26.0 Å². The van der Waals surface area contributed by atoms with Gasteiger partial charge in [0, 0.05) is 11.7 Å². The molecule has 1 atom stereocenters. The van der Waals surface area contributed by atoms with Crippen LogP contribution in [0.5, 0.6) is 0 Å². The van der Waals surface area contributed by atoms with E-state index in [4.69, 9.17) is 0 Å². The molecule has 0 N–H and O–H groups in total. The smallest absolute Gasteiger partial charge is 0.150 e. The van der Waals surface area contributed by atoms with Crippen molar-refractivity contribution >= 4 is 15.6 Å². The van der Waals surface area contributed by atoms with Gasteiger partial charge < -0.3 is 0 Å². The molecule has 0 aliphatic carbocycles. The molecule has 0 saturated heterocycles. The SMILES string of the molecule is CCS(=O)(=O)CCc1ccc(C(C)C(C)=O)cc1F. The number of ketones is 1. The summed E-state index contributed by atoms with van der Waals surface area (Å²) in [6.45, 7) is 4.76. The van der Waals surface area contributed by atoms with Crippen LogP contribution in [0.1, 0.15) is 37.8 Å². The lowest BCUT2D eigenvalue weighted by Crippen LogP contribution is -2.12. The van der Waals surface area contributed by atoms with E-state index in [0.29, 0.717) is 11.1 Å². The maximum Gasteiger partial charge on any atom is 0.150 e. The van der Waals surface area contributed by atoms with E-state index in [9.17, 15) is 17.6 Å². The summed E-state index contributed by atoms with van der Waals surface area (Å²) in [7, 11) is -3.10. The number of carbonyl (C=O) groups is 1. The number of Topliss-reactive ketones (excluding diaryl/α,β-unsaturated/α-hetero) is 1. The molecule has 1 aromatic rings. The molecule has 1 rings (SSSR count). The van der Waals surface area contributed by atoms with E-state index in [2.05, 4.69) is 0 Å². The third kappa shape index (κ3) is 4.42. The number of aryl methyl sites for hydroxylation is 1. The normalized spacial score (nSPS) is 13.3. The van der Waals surface area contributed by atoms with Crippen LogP contribution in [0.4, 0.5) is 4.39 Å². The van der Waals surface area contributed by atoms with Gasteiger partial charge in [-0.25, -0.2) is 12.8 Å². The lowest BCUT2D eigenvalue weighted by atomic mass is 9.96. The molecule has 5 heteroatoms. The third-order valence-corrected chi connectivity index (χ3v) is 5.01. The summed E-state index contributed by atoms with van der Waals surface area (Å²) in [5.74, 6) is -0.809. The summed E-state index contributed by atoms with van der Waals surface area (Å²) >= 11 is 0. The Kier molecular flexibility index (Phi) is 5.23. The summed E-state index contributed by atoms with van der Waals surface area (Å²) in [6.07, 6.45) is 0.163. The zero-order chi connectivity index (χ0) is 14.6. The van der Waals surface area contributed by atoms with Gasteiger partial charge in [-0.3, -0.25) is 4.79 Å². The van der Waals surface area contributed by atoms with Crippen LogP contribution < -0.4 is 0 Å². The molecule has 0 saturated carbocycles. The highest BCUT2D eigenvalue weighted by Gasteiger charge is 2.14. The molecule has 0 fully saturated rings. The van der Waals surface area contributed by atoms with Gasteiger partial charge in [-0.05, 0) is 30.5 Å². The first-order valence-corrected chi connectivity index (χ1v) is 8.08. The van der Waals surface area contributed by atoms with Crippen LogP contribution in [-0.4, -0.2) is 25.7 Å². The summed E-state index contributed by atoms with van der Waals surface area (Å²) in [5, 5.41) is 0. The van der Waals surface area contributed by atoms with Crippen LogP contribution in [0.15, 0.2) is 18.2 Å². The van der Waals surface area contributed by atoms with E-state index in [-0.39, 0.29) is 29.6 Å². The van der Waals surface area contributed by atoms with E-state index >= 15 is 0 Å². The van der Waals surface area contributed by atoms with E-state index in [1.807, 2.05) is 0 Å². The fourth-order valence-electron chi connectivity index (χ4n) is 1.68. The minimum atomic E-state index is -3.10. The molecular formula is C14H19FO3S. The first-order valence-electron chi connectivity index (χ1n) is 6.26. The monoisotopic (exact) mass is 286 g/mol. The van der Waals surface area contributed by atoms with Gasteiger partial charge in [0.2, 0.25) is 0 Å². The highest BCUT2D eigenvalue weighted by molar-refractivity contribution is 7.91. The standard InChI is InChI=1S/C14H19FO3S/c1-4-19(17,18)8-7-12-5-6-13(9-14(12)15)10(2)11(3)16/h5-6,9-10H,4,7-8H2,1-3H3. The maximum atomic E-state index is 13.8. The molecule has 19 heavy (non-hydrogen) atoms. The quantitative estimate of drug-likeness (QED) is 0.807. The van der Waals surface area contributed by atoms with Gasteiger partial charge in [0.1, 0.15) is 21.4 Å². The number of benzene rings is 1. The third-order valence-electron chi connectivity index (χ3n) is 3.31. The zero-order valence-corrected chi connectivity index (χ0v) is 12.3. The molecule has 0 spiro atoms. The number of sulfone groups is 1. The second kappa shape index (κ2) is 6.28. The Balaban J connectivity index is 2.87. The number of hydrogen-bond acceptors (Lipinski definition) is 3. The number of carbonyl (C=O) groups excluding carboxylic acids is 1. The number of halogens is 1. The molecule has 0 aromatic heterocycles. The van der Waals surface area contributed by atoms with Gasteiger partial charge in [-0.2, -0.15) is 0 Å². The largest absolute Gasteiger partial charge is 0.299 e. The molecule has 1 aromatic carbocycles. The molecule has 0 heterocycles. The van der Waals surface area contributed by atoms with Crippen LogP contribution >= 0.6 is 0 Å². The summed E-state index contributed by atoms with van der Waals surface area (Å²) < 4.78 is 36.6. The fourth-order valence-corrected chi connectivity index (χ4v) is 2.50. The molecule has 106 valence electrons. The Bertz CT molecular complexity index is 564. The van der Waals surface area contributed by atoms with Crippen LogP contribution in [0.25, 0.3) is 0 Å². The fraction of sp³-hybridized carbons (Fsp3) is 0.500. The summed E-state index contributed by atoms with van der Waals surface area (Å²) in [5.41, 5.74) is 0.989. The van der Waals surface area contributed by atoms with Crippen molar-refractivity contribution in [2.45, 2.75) is 33.1 Å². The molecule has 3 nitrogen and oxygen atoms in total. The lowest BCUT2D eigenvalue weighted by Gasteiger charge is -2.10. The Hall–Kier alpha value is -1.23. The van der Waals surface area contributed by atoms with Gasteiger partial charge in [-0.15, -0.1) is 0 Å². The van der Waals surface area contributed by atoms with Gasteiger partial charge in [0.25, 0.3) is 0 Å². The predicted molar refractivity (Wildman–Crippen MR) is 73.5 cm³/mol. The van der Waals surface area contributed by atoms with Crippen molar-refractivity contribution in [2.75, 3.05) is 11.5 Å². The first-order chi connectivity index (χ1) is 8.76. The maximum absolute atomic E-state index is 13.8. The van der Waals surface area contributed by atoms with Gasteiger partial charge in [0.15, 0.2) is 0 Å². The van der Waals surface area contributed by atoms with Crippen molar-refractivity contribution in [1.82, 2.24) is 0 Å². The highest BCUT2D eigenvalue weighted by atomic mass is 32.2. The van der Waals surface area contributed by atoms with Crippen LogP contribution in [-0.2, 0) is 21.1 Å². The average Bonchev–Trinajstić information content (AvgIpc) is 2.36. The molecule has 0 radical (unpaired) electrons. The van der Waals surface area contributed by atoms with Crippen molar-refractivity contribution in [3.05, 3.63) is 35.1 Å². The Morgan fingerprint density at radius 2 is 2.00 bits per heavy atom. The minimum absolute atomic E-state index is 0.0271. The number of hydrogen-bond donors (Lipinski definition) is 0.